The molecule has 0 spiro atoms. The van der Waals surface area contributed by atoms with Crippen molar-refractivity contribution in [3.8, 4) is 0 Å². The third-order valence-corrected chi connectivity index (χ3v) is 4.02. The molecule has 2 heterocycles. The zero-order valence-electron chi connectivity index (χ0n) is 11.8. The topological polar surface area (TPSA) is 44.5 Å². The average Bonchev–Trinajstić information content (AvgIpc) is 2.64. The van der Waals surface area contributed by atoms with Crippen molar-refractivity contribution in [2.24, 2.45) is 7.05 Å². The lowest BCUT2D eigenvalue weighted by Crippen LogP contribution is -2.51. The van der Waals surface area contributed by atoms with Crippen LogP contribution in [0.5, 0.6) is 0 Å². The van der Waals surface area contributed by atoms with Crippen LogP contribution in [0, 0.1) is 6.92 Å². The summed E-state index contributed by atoms with van der Waals surface area (Å²) in [7, 11) is 4.15. The van der Waals surface area contributed by atoms with Crippen LogP contribution in [0.2, 0.25) is 0 Å². The Bertz CT molecular complexity index is 415. The molecule has 1 fully saturated rings. The number of rotatable bonds is 3. The summed E-state index contributed by atoms with van der Waals surface area (Å²) < 4.78 is 1.90. The maximum atomic E-state index is 9.53. The lowest BCUT2D eigenvalue weighted by atomic mass is 10.1. The Morgan fingerprint density at radius 3 is 2.67 bits per heavy atom. The lowest BCUT2D eigenvalue weighted by Gasteiger charge is -2.40. The lowest BCUT2D eigenvalue weighted by molar-refractivity contribution is 0.211. The number of likely N-dealkylation sites (N-methyl/N-ethyl adjacent to an activating group) is 1. The molecule has 1 N–H and O–H groups in total. The first-order chi connectivity index (χ1) is 8.58. The summed E-state index contributed by atoms with van der Waals surface area (Å²) in [4.78, 5) is 4.78. The van der Waals surface area contributed by atoms with E-state index in [9.17, 15) is 5.11 Å². The van der Waals surface area contributed by atoms with Crippen molar-refractivity contribution in [1.29, 1.82) is 0 Å². The van der Waals surface area contributed by atoms with E-state index in [1.807, 2.05) is 18.7 Å². The predicted molar refractivity (Wildman–Crippen MR) is 72.8 cm³/mol. The molecule has 5 nitrogen and oxygen atoms in total. The molecule has 0 saturated carbocycles. The summed E-state index contributed by atoms with van der Waals surface area (Å²) in [6.45, 7) is 7.33. The Labute approximate surface area is 109 Å². The third-order valence-electron chi connectivity index (χ3n) is 4.02. The highest BCUT2D eigenvalue weighted by atomic mass is 16.3. The first kappa shape index (κ1) is 13.4. The van der Waals surface area contributed by atoms with Crippen molar-refractivity contribution in [2.45, 2.75) is 32.9 Å². The molecule has 1 saturated heterocycles. The van der Waals surface area contributed by atoms with E-state index in [1.165, 1.54) is 0 Å². The minimum Gasteiger partial charge on any atom is -0.391 e. The van der Waals surface area contributed by atoms with Gasteiger partial charge in [0.25, 0.3) is 0 Å². The third kappa shape index (κ3) is 2.24. The predicted octanol–water partition coefficient (Wildman–Crippen LogP) is 0.751. The summed E-state index contributed by atoms with van der Waals surface area (Å²) in [5, 5.41) is 14.0. The monoisotopic (exact) mass is 252 g/mol. The van der Waals surface area contributed by atoms with Crippen LogP contribution < -0.4 is 4.90 Å². The van der Waals surface area contributed by atoms with Crippen LogP contribution in [0.3, 0.4) is 0 Å². The fraction of sp³-hybridized carbons (Fsp3) is 0.769. The van der Waals surface area contributed by atoms with E-state index in [-0.39, 0.29) is 6.61 Å². The normalized spacial score (nSPS) is 21.6. The Hall–Kier alpha value is -1.07. The number of aliphatic hydroxyl groups is 1. The Balaban J connectivity index is 2.26. The van der Waals surface area contributed by atoms with E-state index >= 15 is 0 Å². The smallest absolute Gasteiger partial charge is 0.132 e. The molecule has 1 unspecified atom stereocenters. The van der Waals surface area contributed by atoms with Crippen LogP contribution in [0.15, 0.2) is 0 Å². The Morgan fingerprint density at radius 2 is 2.06 bits per heavy atom. The van der Waals surface area contributed by atoms with Gasteiger partial charge < -0.3 is 10.0 Å². The van der Waals surface area contributed by atoms with Gasteiger partial charge in [0.1, 0.15) is 5.82 Å². The molecule has 2 rings (SSSR count). The van der Waals surface area contributed by atoms with Crippen LogP contribution in [-0.4, -0.2) is 52.5 Å². The molecule has 1 aliphatic heterocycles. The van der Waals surface area contributed by atoms with Gasteiger partial charge in [-0.1, -0.05) is 6.92 Å². The second-order valence-corrected chi connectivity index (χ2v) is 5.16. The fourth-order valence-corrected chi connectivity index (χ4v) is 2.85. The van der Waals surface area contributed by atoms with Crippen LogP contribution in [-0.2, 0) is 13.7 Å². The maximum Gasteiger partial charge on any atom is 0.132 e. The molecule has 5 heteroatoms. The quantitative estimate of drug-likeness (QED) is 0.862. The molecule has 102 valence electrons. The number of hydrogen-bond donors (Lipinski definition) is 1. The number of aliphatic hydroxyl groups excluding tert-OH is 1. The SMILES string of the molecule is CCC1CN(c2c(CO)c(C)nn2C)CCN1C. The summed E-state index contributed by atoms with van der Waals surface area (Å²) in [6, 6.07) is 0.584. The molecule has 0 bridgehead atoms. The highest BCUT2D eigenvalue weighted by Gasteiger charge is 2.27. The Kier molecular flexibility index (Phi) is 3.92. The van der Waals surface area contributed by atoms with E-state index in [0.29, 0.717) is 6.04 Å². The summed E-state index contributed by atoms with van der Waals surface area (Å²) >= 11 is 0. The zero-order valence-corrected chi connectivity index (χ0v) is 11.8. The summed E-state index contributed by atoms with van der Waals surface area (Å²) in [5.74, 6) is 1.08. The first-order valence-corrected chi connectivity index (χ1v) is 6.67. The number of nitrogens with zero attached hydrogens (tertiary/aromatic N) is 4. The highest BCUT2D eigenvalue weighted by molar-refractivity contribution is 5.50. The number of hydrogen-bond acceptors (Lipinski definition) is 4. The average molecular weight is 252 g/mol. The van der Waals surface area contributed by atoms with E-state index in [4.69, 9.17) is 0 Å². The summed E-state index contributed by atoms with van der Waals surface area (Å²) in [5.41, 5.74) is 1.90. The Morgan fingerprint density at radius 1 is 1.33 bits per heavy atom. The maximum absolute atomic E-state index is 9.53. The molecule has 0 amide bonds. The highest BCUT2D eigenvalue weighted by Crippen LogP contribution is 2.25. The summed E-state index contributed by atoms with van der Waals surface area (Å²) in [6.07, 6.45) is 1.15. The van der Waals surface area contributed by atoms with E-state index in [2.05, 4.69) is 28.9 Å². The minimum absolute atomic E-state index is 0.0676. The van der Waals surface area contributed by atoms with Crippen molar-refractivity contribution in [3.63, 3.8) is 0 Å². The molecule has 1 aliphatic rings. The van der Waals surface area contributed by atoms with Gasteiger partial charge in [-0.2, -0.15) is 5.10 Å². The van der Waals surface area contributed by atoms with Gasteiger partial charge in [0, 0.05) is 38.3 Å². The van der Waals surface area contributed by atoms with Crippen molar-refractivity contribution < 1.29 is 5.11 Å². The molecule has 1 atom stereocenters. The van der Waals surface area contributed by atoms with E-state index in [1.54, 1.807) is 0 Å². The van der Waals surface area contributed by atoms with Crippen molar-refractivity contribution in [1.82, 2.24) is 14.7 Å². The second kappa shape index (κ2) is 5.28. The van der Waals surface area contributed by atoms with Gasteiger partial charge in [-0.15, -0.1) is 0 Å². The zero-order chi connectivity index (χ0) is 13.3. The second-order valence-electron chi connectivity index (χ2n) is 5.16. The van der Waals surface area contributed by atoms with Crippen molar-refractivity contribution in [2.75, 3.05) is 31.6 Å². The molecule has 18 heavy (non-hydrogen) atoms. The largest absolute Gasteiger partial charge is 0.391 e. The van der Waals surface area contributed by atoms with Crippen LogP contribution in [0.25, 0.3) is 0 Å². The van der Waals surface area contributed by atoms with E-state index < -0.39 is 0 Å². The molecular weight excluding hydrogens is 228 g/mol. The standard InChI is InChI=1S/C13H24N4O/c1-5-11-8-17(7-6-15(11)3)13-12(9-18)10(2)14-16(13)4/h11,18H,5-9H2,1-4H3. The fourth-order valence-electron chi connectivity index (χ4n) is 2.85. The van der Waals surface area contributed by atoms with Gasteiger partial charge >= 0.3 is 0 Å². The molecule has 1 aromatic rings. The number of aryl methyl sites for hydroxylation is 2. The van der Waals surface area contributed by atoms with Gasteiger partial charge in [-0.05, 0) is 20.4 Å². The van der Waals surface area contributed by atoms with Crippen LogP contribution in [0.1, 0.15) is 24.6 Å². The van der Waals surface area contributed by atoms with Gasteiger partial charge in [0.05, 0.1) is 12.3 Å². The molecular formula is C13H24N4O. The van der Waals surface area contributed by atoms with Gasteiger partial charge in [0.2, 0.25) is 0 Å². The van der Waals surface area contributed by atoms with Gasteiger partial charge in [0.15, 0.2) is 0 Å². The van der Waals surface area contributed by atoms with Crippen LogP contribution in [0.4, 0.5) is 5.82 Å². The number of piperazine rings is 1. The van der Waals surface area contributed by atoms with Crippen LogP contribution >= 0.6 is 0 Å². The van der Waals surface area contributed by atoms with Crippen molar-refractivity contribution >= 4 is 5.82 Å². The molecule has 0 aromatic carbocycles. The number of anilines is 1. The van der Waals surface area contributed by atoms with Gasteiger partial charge in [-0.25, -0.2) is 0 Å². The first-order valence-electron chi connectivity index (χ1n) is 6.67. The minimum atomic E-state index is 0.0676. The molecule has 0 aliphatic carbocycles. The van der Waals surface area contributed by atoms with Gasteiger partial charge in [-0.3, -0.25) is 9.58 Å². The van der Waals surface area contributed by atoms with E-state index in [0.717, 1.165) is 43.1 Å². The molecule has 0 radical (unpaired) electrons. The molecule has 1 aromatic heterocycles. The number of aromatic nitrogens is 2. The van der Waals surface area contributed by atoms with Crippen molar-refractivity contribution in [3.05, 3.63) is 11.3 Å².